The summed E-state index contributed by atoms with van der Waals surface area (Å²) in [5, 5.41) is 11.2. The molecule has 2 aromatic rings. The van der Waals surface area contributed by atoms with Crippen LogP contribution in [-0.2, 0) is 0 Å². The summed E-state index contributed by atoms with van der Waals surface area (Å²) in [6, 6.07) is 5.09. The predicted molar refractivity (Wildman–Crippen MR) is 68.1 cm³/mol. The van der Waals surface area contributed by atoms with E-state index in [1.807, 2.05) is 0 Å². The van der Waals surface area contributed by atoms with Crippen molar-refractivity contribution in [3.8, 4) is 5.88 Å². The summed E-state index contributed by atoms with van der Waals surface area (Å²) in [6.45, 7) is 1.20. The van der Waals surface area contributed by atoms with Crippen LogP contribution in [0, 0.1) is 0 Å². The van der Waals surface area contributed by atoms with Gasteiger partial charge < -0.3 is 14.2 Å². The third kappa shape index (κ3) is 2.76. The van der Waals surface area contributed by atoms with Crippen LogP contribution in [0.3, 0.4) is 0 Å². The first-order chi connectivity index (χ1) is 9.83. The molecule has 1 atom stereocenters. The van der Waals surface area contributed by atoms with Gasteiger partial charge in [0.2, 0.25) is 11.6 Å². The minimum Gasteiger partial charge on any atom is -0.471 e. The molecule has 3 rings (SSSR count). The molecule has 1 aliphatic rings. The summed E-state index contributed by atoms with van der Waals surface area (Å²) < 4.78 is 10.6. The van der Waals surface area contributed by atoms with Crippen molar-refractivity contribution in [2.75, 3.05) is 13.1 Å². The lowest BCUT2D eigenvalue weighted by Gasteiger charge is -2.31. The van der Waals surface area contributed by atoms with Crippen LogP contribution in [0.25, 0.3) is 0 Å². The lowest BCUT2D eigenvalue weighted by molar-refractivity contribution is 0.0490. The van der Waals surface area contributed by atoms with Crippen molar-refractivity contribution in [3.63, 3.8) is 0 Å². The average Bonchev–Trinajstić information content (AvgIpc) is 3.02. The number of aromatic nitrogens is 3. The number of hydrogen-bond donors (Lipinski definition) is 0. The summed E-state index contributed by atoms with van der Waals surface area (Å²) in [6.07, 6.45) is 4.74. The summed E-state index contributed by atoms with van der Waals surface area (Å²) in [5.74, 6) is 0.576. The molecular weight excluding hydrogens is 260 g/mol. The molecule has 0 bridgehead atoms. The Morgan fingerprint density at radius 2 is 2.35 bits per heavy atom. The van der Waals surface area contributed by atoms with Crippen LogP contribution in [0.2, 0.25) is 0 Å². The maximum absolute atomic E-state index is 12.2. The standard InChI is InChI=1S/C13H14N4O3/c18-13(11-5-7-15-20-11)17-8-2-3-10(9-17)19-12-4-1-6-14-16-12/h1,4-7,10H,2-3,8-9H2/t10-/m1/s1. The van der Waals surface area contributed by atoms with Crippen molar-refractivity contribution >= 4 is 5.91 Å². The van der Waals surface area contributed by atoms with Gasteiger partial charge in [0.25, 0.3) is 5.91 Å². The van der Waals surface area contributed by atoms with Gasteiger partial charge in [0.15, 0.2) is 0 Å². The van der Waals surface area contributed by atoms with Crippen molar-refractivity contribution in [1.82, 2.24) is 20.3 Å². The smallest absolute Gasteiger partial charge is 0.292 e. The number of nitrogens with zero attached hydrogens (tertiary/aromatic N) is 4. The number of hydrogen-bond acceptors (Lipinski definition) is 6. The van der Waals surface area contributed by atoms with Gasteiger partial charge in [-0.25, -0.2) is 0 Å². The normalized spacial score (nSPS) is 18.8. The number of amides is 1. The molecule has 0 spiro atoms. The van der Waals surface area contributed by atoms with E-state index in [1.165, 1.54) is 6.20 Å². The molecule has 0 aromatic carbocycles. The highest BCUT2D eigenvalue weighted by atomic mass is 16.5. The lowest BCUT2D eigenvalue weighted by Crippen LogP contribution is -2.44. The third-order valence-corrected chi connectivity index (χ3v) is 3.15. The maximum atomic E-state index is 12.2. The Morgan fingerprint density at radius 1 is 1.40 bits per heavy atom. The van der Waals surface area contributed by atoms with Crippen LogP contribution in [0.1, 0.15) is 23.4 Å². The quantitative estimate of drug-likeness (QED) is 0.835. The highest BCUT2D eigenvalue weighted by Crippen LogP contribution is 2.17. The van der Waals surface area contributed by atoms with Crippen molar-refractivity contribution < 1.29 is 14.1 Å². The Labute approximate surface area is 115 Å². The number of rotatable bonds is 3. The number of likely N-dealkylation sites (tertiary alicyclic amines) is 1. The van der Waals surface area contributed by atoms with E-state index in [4.69, 9.17) is 9.26 Å². The molecule has 0 unspecified atom stereocenters. The minimum absolute atomic E-state index is 0.0766. The van der Waals surface area contributed by atoms with Crippen molar-refractivity contribution in [2.45, 2.75) is 18.9 Å². The molecule has 1 fully saturated rings. The fourth-order valence-corrected chi connectivity index (χ4v) is 2.22. The third-order valence-electron chi connectivity index (χ3n) is 3.15. The maximum Gasteiger partial charge on any atom is 0.292 e. The van der Waals surface area contributed by atoms with Crippen LogP contribution in [0.4, 0.5) is 0 Å². The fraction of sp³-hybridized carbons (Fsp3) is 0.385. The zero-order chi connectivity index (χ0) is 13.8. The van der Waals surface area contributed by atoms with E-state index in [-0.39, 0.29) is 17.8 Å². The van der Waals surface area contributed by atoms with Crippen molar-refractivity contribution in [2.24, 2.45) is 0 Å². The number of piperidine rings is 1. The van der Waals surface area contributed by atoms with E-state index in [2.05, 4.69) is 15.4 Å². The molecule has 1 aliphatic heterocycles. The van der Waals surface area contributed by atoms with E-state index in [9.17, 15) is 4.79 Å². The number of carbonyl (C=O) groups excluding carboxylic acids is 1. The Hall–Kier alpha value is -2.44. The Morgan fingerprint density at radius 3 is 3.10 bits per heavy atom. The fourth-order valence-electron chi connectivity index (χ4n) is 2.22. The van der Waals surface area contributed by atoms with Gasteiger partial charge in [0, 0.05) is 24.9 Å². The Balaban J connectivity index is 1.63. The van der Waals surface area contributed by atoms with Crippen LogP contribution in [0.15, 0.2) is 35.1 Å². The lowest BCUT2D eigenvalue weighted by atomic mass is 10.1. The first-order valence-corrected chi connectivity index (χ1v) is 6.47. The Kier molecular flexibility index (Phi) is 3.58. The summed E-state index contributed by atoms with van der Waals surface area (Å²) in [5.41, 5.74) is 0. The summed E-state index contributed by atoms with van der Waals surface area (Å²) in [4.78, 5) is 13.9. The van der Waals surface area contributed by atoms with Gasteiger partial charge in [0.05, 0.1) is 12.7 Å². The molecule has 7 nitrogen and oxygen atoms in total. The molecule has 1 saturated heterocycles. The molecule has 0 aliphatic carbocycles. The highest BCUT2D eigenvalue weighted by Gasteiger charge is 2.27. The number of ether oxygens (including phenoxy) is 1. The molecule has 3 heterocycles. The van der Waals surface area contributed by atoms with Gasteiger partial charge in [-0.1, -0.05) is 5.16 Å². The van der Waals surface area contributed by atoms with Crippen LogP contribution < -0.4 is 4.74 Å². The van der Waals surface area contributed by atoms with Crippen LogP contribution in [-0.4, -0.2) is 45.4 Å². The number of carbonyl (C=O) groups is 1. The predicted octanol–water partition coefficient (Wildman–Crippen LogP) is 1.15. The topological polar surface area (TPSA) is 81.4 Å². The van der Waals surface area contributed by atoms with E-state index in [0.29, 0.717) is 19.0 Å². The van der Waals surface area contributed by atoms with Gasteiger partial charge in [-0.15, -0.1) is 5.10 Å². The molecule has 2 aromatic heterocycles. The molecule has 104 valence electrons. The van der Waals surface area contributed by atoms with Crippen molar-refractivity contribution in [3.05, 3.63) is 36.4 Å². The van der Waals surface area contributed by atoms with E-state index >= 15 is 0 Å². The summed E-state index contributed by atoms with van der Waals surface area (Å²) >= 11 is 0. The SMILES string of the molecule is O=C(c1ccno1)N1CCC[C@@H](Oc2cccnn2)C1. The second-order valence-electron chi connectivity index (χ2n) is 4.57. The van der Waals surface area contributed by atoms with Gasteiger partial charge in [-0.05, 0) is 18.9 Å². The van der Waals surface area contributed by atoms with Gasteiger partial charge in [-0.2, -0.15) is 5.10 Å². The molecule has 0 saturated carbocycles. The van der Waals surface area contributed by atoms with Gasteiger partial charge >= 0.3 is 0 Å². The molecule has 0 N–H and O–H groups in total. The van der Waals surface area contributed by atoms with Crippen molar-refractivity contribution in [1.29, 1.82) is 0 Å². The van der Waals surface area contributed by atoms with Gasteiger partial charge in [0.1, 0.15) is 6.10 Å². The van der Waals surface area contributed by atoms with Crippen LogP contribution >= 0.6 is 0 Å². The Bertz CT molecular complexity index is 558. The largest absolute Gasteiger partial charge is 0.471 e. The molecule has 0 radical (unpaired) electrons. The second kappa shape index (κ2) is 5.68. The average molecular weight is 274 g/mol. The molecule has 1 amide bonds. The zero-order valence-corrected chi connectivity index (χ0v) is 10.8. The monoisotopic (exact) mass is 274 g/mol. The first kappa shape index (κ1) is 12.6. The minimum atomic E-state index is -0.157. The van der Waals surface area contributed by atoms with Crippen LogP contribution in [0.5, 0.6) is 5.88 Å². The van der Waals surface area contributed by atoms with E-state index in [0.717, 1.165) is 12.8 Å². The molecular formula is C13H14N4O3. The first-order valence-electron chi connectivity index (χ1n) is 6.47. The highest BCUT2D eigenvalue weighted by molar-refractivity contribution is 5.91. The van der Waals surface area contributed by atoms with E-state index in [1.54, 1.807) is 29.3 Å². The zero-order valence-electron chi connectivity index (χ0n) is 10.8. The summed E-state index contributed by atoms with van der Waals surface area (Å²) in [7, 11) is 0. The molecule has 20 heavy (non-hydrogen) atoms. The second-order valence-corrected chi connectivity index (χ2v) is 4.57. The van der Waals surface area contributed by atoms with E-state index < -0.39 is 0 Å². The molecule has 7 heteroatoms. The van der Waals surface area contributed by atoms with Gasteiger partial charge in [-0.3, -0.25) is 4.79 Å².